The summed E-state index contributed by atoms with van der Waals surface area (Å²) in [5.74, 6) is 1.71. The van der Waals surface area contributed by atoms with Gasteiger partial charge in [-0.1, -0.05) is 6.92 Å². The van der Waals surface area contributed by atoms with Gasteiger partial charge in [0.15, 0.2) is 0 Å². The minimum Gasteiger partial charge on any atom is -0.461 e. The first-order valence-corrected chi connectivity index (χ1v) is 7.27. The van der Waals surface area contributed by atoms with Crippen LogP contribution in [0.4, 0.5) is 0 Å². The van der Waals surface area contributed by atoms with Crippen LogP contribution < -0.4 is 10.9 Å². The van der Waals surface area contributed by atoms with Crippen molar-refractivity contribution in [3.63, 3.8) is 0 Å². The molecular formula is C16H16N4O3. The Morgan fingerprint density at radius 2 is 2.13 bits per heavy atom. The van der Waals surface area contributed by atoms with Crippen LogP contribution in [0.3, 0.4) is 0 Å². The first-order valence-electron chi connectivity index (χ1n) is 7.27. The molecule has 3 rings (SSSR count). The largest absolute Gasteiger partial charge is 0.461 e. The molecule has 2 amide bonds. The van der Waals surface area contributed by atoms with Crippen LogP contribution in [0, 0.1) is 5.92 Å². The zero-order valence-electron chi connectivity index (χ0n) is 12.5. The van der Waals surface area contributed by atoms with Gasteiger partial charge in [0.05, 0.1) is 6.20 Å². The monoisotopic (exact) mass is 312 g/mol. The normalized spacial score (nSPS) is 19.5. The van der Waals surface area contributed by atoms with E-state index in [1.165, 1.54) is 24.7 Å². The van der Waals surface area contributed by atoms with E-state index in [0.717, 1.165) is 12.2 Å². The molecule has 0 radical (unpaired) electrons. The number of nitrogens with one attached hydrogen (secondary N) is 2. The molecule has 7 heteroatoms. The van der Waals surface area contributed by atoms with Crippen molar-refractivity contribution >= 4 is 17.9 Å². The number of hydrazine groups is 1. The molecule has 0 aromatic carbocycles. The molecule has 2 atom stereocenters. The predicted octanol–water partition coefficient (Wildman–Crippen LogP) is 1.67. The fraction of sp³-hybridized carbons (Fsp3) is 0.250. The minimum atomic E-state index is -0.539. The second kappa shape index (κ2) is 6.43. The molecule has 1 aliphatic carbocycles. The van der Waals surface area contributed by atoms with E-state index in [1.807, 2.05) is 12.1 Å². The second-order valence-corrected chi connectivity index (χ2v) is 5.43. The summed E-state index contributed by atoms with van der Waals surface area (Å²) in [6, 6.07) is 3.75. The highest BCUT2D eigenvalue weighted by atomic mass is 16.3. The van der Waals surface area contributed by atoms with E-state index in [0.29, 0.717) is 17.6 Å². The molecule has 118 valence electrons. The number of furan rings is 1. The van der Waals surface area contributed by atoms with Gasteiger partial charge in [-0.15, -0.1) is 0 Å². The zero-order chi connectivity index (χ0) is 16.2. The molecule has 7 nitrogen and oxygen atoms in total. The molecule has 23 heavy (non-hydrogen) atoms. The van der Waals surface area contributed by atoms with Crippen molar-refractivity contribution < 1.29 is 14.0 Å². The van der Waals surface area contributed by atoms with Crippen LogP contribution in [0.25, 0.3) is 6.08 Å². The first-order chi connectivity index (χ1) is 11.1. The summed E-state index contributed by atoms with van der Waals surface area (Å²) in [6.45, 7) is 2.18. The quantitative estimate of drug-likeness (QED) is 0.661. The third kappa shape index (κ3) is 3.82. The Balaban J connectivity index is 1.49. The Bertz CT molecular complexity index is 739. The van der Waals surface area contributed by atoms with Gasteiger partial charge >= 0.3 is 0 Å². The summed E-state index contributed by atoms with van der Waals surface area (Å²) in [6.07, 6.45) is 8.15. The van der Waals surface area contributed by atoms with Gasteiger partial charge in [-0.3, -0.25) is 25.4 Å². The maximum atomic E-state index is 11.7. The number of hydrogen-bond acceptors (Lipinski definition) is 5. The molecule has 1 fully saturated rings. The number of nitrogens with zero attached hydrogens (tertiary/aromatic N) is 2. The molecule has 2 heterocycles. The summed E-state index contributed by atoms with van der Waals surface area (Å²) in [4.78, 5) is 30.9. The van der Waals surface area contributed by atoms with E-state index in [1.54, 1.807) is 6.08 Å². The highest BCUT2D eigenvalue weighted by molar-refractivity contribution is 5.96. The topological polar surface area (TPSA) is 97.1 Å². The summed E-state index contributed by atoms with van der Waals surface area (Å²) in [7, 11) is 0. The van der Waals surface area contributed by atoms with E-state index in [-0.39, 0.29) is 5.69 Å². The van der Waals surface area contributed by atoms with Crippen molar-refractivity contribution in [3.8, 4) is 0 Å². The van der Waals surface area contributed by atoms with E-state index in [4.69, 9.17) is 4.42 Å². The standard InChI is InChI=1S/C16H16N4O3/c1-10-8-12(10)14-4-2-11(23-14)3-5-15(21)19-20-16(22)13-9-17-6-7-18-13/h2-7,9-10,12H,8H2,1H3,(H,19,21)(H,20,22)/b5-3+. The van der Waals surface area contributed by atoms with Crippen molar-refractivity contribution in [2.45, 2.75) is 19.3 Å². The third-order valence-corrected chi connectivity index (χ3v) is 3.62. The van der Waals surface area contributed by atoms with Gasteiger partial charge in [-0.25, -0.2) is 4.98 Å². The molecule has 1 saturated carbocycles. The number of amides is 2. The van der Waals surface area contributed by atoms with E-state index in [2.05, 4.69) is 27.7 Å². The first kappa shape index (κ1) is 15.0. The van der Waals surface area contributed by atoms with Gasteiger partial charge in [-0.2, -0.15) is 0 Å². The maximum Gasteiger partial charge on any atom is 0.289 e. The Labute approximate surface area is 132 Å². The average molecular weight is 312 g/mol. The minimum absolute atomic E-state index is 0.117. The third-order valence-electron chi connectivity index (χ3n) is 3.62. The molecule has 2 aromatic heterocycles. The Morgan fingerprint density at radius 1 is 1.30 bits per heavy atom. The Hall–Kier alpha value is -2.96. The van der Waals surface area contributed by atoms with Crippen LogP contribution in [-0.4, -0.2) is 21.8 Å². The van der Waals surface area contributed by atoms with Gasteiger partial charge in [0.2, 0.25) is 0 Å². The molecule has 2 aromatic rings. The van der Waals surface area contributed by atoms with Crippen LogP contribution in [0.1, 0.15) is 41.3 Å². The molecule has 0 spiro atoms. The second-order valence-electron chi connectivity index (χ2n) is 5.43. The number of rotatable bonds is 4. The Morgan fingerprint density at radius 3 is 2.83 bits per heavy atom. The SMILES string of the molecule is CC1CC1c1ccc(/C=C/C(=O)NNC(=O)c2cnccn2)o1. The van der Waals surface area contributed by atoms with Gasteiger partial charge in [-0.05, 0) is 30.5 Å². The van der Waals surface area contributed by atoms with Gasteiger partial charge in [0, 0.05) is 24.4 Å². The molecule has 0 bridgehead atoms. The lowest BCUT2D eigenvalue weighted by atomic mass is 10.3. The van der Waals surface area contributed by atoms with Crippen LogP contribution >= 0.6 is 0 Å². The summed E-state index contributed by atoms with van der Waals surface area (Å²) in [5.41, 5.74) is 4.63. The van der Waals surface area contributed by atoms with Crippen LogP contribution in [-0.2, 0) is 4.79 Å². The summed E-state index contributed by atoms with van der Waals surface area (Å²) < 4.78 is 5.65. The van der Waals surface area contributed by atoms with Gasteiger partial charge in [0.1, 0.15) is 17.2 Å². The van der Waals surface area contributed by atoms with E-state index >= 15 is 0 Å². The molecule has 0 aliphatic heterocycles. The van der Waals surface area contributed by atoms with Crippen LogP contribution in [0.2, 0.25) is 0 Å². The van der Waals surface area contributed by atoms with Crippen molar-refractivity contribution in [1.29, 1.82) is 0 Å². The smallest absolute Gasteiger partial charge is 0.289 e. The van der Waals surface area contributed by atoms with Crippen molar-refractivity contribution in [1.82, 2.24) is 20.8 Å². The van der Waals surface area contributed by atoms with Gasteiger partial charge < -0.3 is 4.42 Å². The van der Waals surface area contributed by atoms with Crippen molar-refractivity contribution in [3.05, 3.63) is 54.0 Å². The highest BCUT2D eigenvalue weighted by Gasteiger charge is 2.36. The lowest BCUT2D eigenvalue weighted by Gasteiger charge is -2.03. The highest BCUT2D eigenvalue weighted by Crippen LogP contribution is 2.47. The molecular weight excluding hydrogens is 296 g/mol. The fourth-order valence-corrected chi connectivity index (χ4v) is 2.17. The number of hydrogen-bond donors (Lipinski definition) is 2. The summed E-state index contributed by atoms with van der Waals surface area (Å²) in [5, 5.41) is 0. The maximum absolute atomic E-state index is 11.7. The molecule has 0 saturated heterocycles. The van der Waals surface area contributed by atoms with Gasteiger partial charge in [0.25, 0.3) is 11.8 Å². The number of aromatic nitrogens is 2. The number of carbonyl (C=O) groups excluding carboxylic acids is 2. The molecule has 2 N–H and O–H groups in total. The van der Waals surface area contributed by atoms with E-state index in [9.17, 15) is 9.59 Å². The average Bonchev–Trinajstić information content (AvgIpc) is 3.12. The van der Waals surface area contributed by atoms with Crippen molar-refractivity contribution in [2.24, 2.45) is 5.92 Å². The predicted molar refractivity (Wildman–Crippen MR) is 81.9 cm³/mol. The summed E-state index contributed by atoms with van der Waals surface area (Å²) >= 11 is 0. The van der Waals surface area contributed by atoms with Crippen molar-refractivity contribution in [2.75, 3.05) is 0 Å². The molecule has 1 aliphatic rings. The van der Waals surface area contributed by atoms with Crippen LogP contribution in [0.5, 0.6) is 0 Å². The van der Waals surface area contributed by atoms with Crippen LogP contribution in [0.15, 0.2) is 41.2 Å². The zero-order valence-corrected chi connectivity index (χ0v) is 12.5. The number of carbonyl (C=O) groups is 2. The molecule has 2 unspecified atom stereocenters. The lowest BCUT2D eigenvalue weighted by Crippen LogP contribution is -2.41. The van der Waals surface area contributed by atoms with E-state index < -0.39 is 11.8 Å². The Kier molecular flexibility index (Phi) is 4.18. The fourth-order valence-electron chi connectivity index (χ4n) is 2.17. The lowest BCUT2D eigenvalue weighted by molar-refractivity contribution is -0.117.